The highest BCUT2D eigenvalue weighted by Gasteiger charge is 2.07. The summed E-state index contributed by atoms with van der Waals surface area (Å²) in [6.45, 7) is 2.32. The summed E-state index contributed by atoms with van der Waals surface area (Å²) >= 11 is 5.98. The van der Waals surface area contributed by atoms with Crippen molar-refractivity contribution in [3.8, 4) is 11.8 Å². The number of pyridine rings is 1. The number of nitrogens with zero attached hydrogens (tertiary/aromatic N) is 3. The van der Waals surface area contributed by atoms with Gasteiger partial charge in [-0.05, 0) is 42.2 Å². The summed E-state index contributed by atoms with van der Waals surface area (Å²) in [6.07, 6.45) is 15.9. The molecule has 0 spiro atoms. The van der Waals surface area contributed by atoms with Crippen LogP contribution < -0.4 is 5.56 Å². The van der Waals surface area contributed by atoms with E-state index in [0.717, 1.165) is 18.4 Å². The van der Waals surface area contributed by atoms with Gasteiger partial charge in [0.25, 0.3) is 5.56 Å². The van der Waals surface area contributed by atoms with Crippen molar-refractivity contribution in [3.05, 3.63) is 106 Å². The monoisotopic (exact) mass is 415 g/mol. The Morgan fingerprint density at radius 1 is 1.10 bits per heavy atom. The van der Waals surface area contributed by atoms with E-state index in [0.29, 0.717) is 28.2 Å². The highest BCUT2D eigenvalue weighted by molar-refractivity contribution is 6.30. The Kier molecular flexibility index (Phi) is 7.77. The average molecular weight is 416 g/mol. The molecule has 150 valence electrons. The molecule has 1 aromatic carbocycles. The minimum Gasteiger partial charge on any atom is -0.265 e. The molecule has 3 aromatic rings. The van der Waals surface area contributed by atoms with E-state index in [1.54, 1.807) is 18.3 Å². The summed E-state index contributed by atoms with van der Waals surface area (Å²) in [5, 5.41) is 5.55. The minimum atomic E-state index is -0.234. The molecular weight excluding hydrogens is 394 g/mol. The van der Waals surface area contributed by atoms with Crippen molar-refractivity contribution < 1.29 is 0 Å². The van der Waals surface area contributed by atoms with Crippen LogP contribution in [0.2, 0.25) is 5.02 Å². The molecule has 0 unspecified atom stereocenters. The van der Waals surface area contributed by atoms with E-state index in [-0.39, 0.29) is 5.56 Å². The molecule has 30 heavy (non-hydrogen) atoms. The highest BCUT2D eigenvalue weighted by Crippen LogP contribution is 2.12. The molecule has 0 aliphatic heterocycles. The SMILES string of the molecule is C1=CC=CCC=C1.CCC#Cc1ccc2cnn(Cc3cccc(Cl)c3)c(=O)c2n1. The van der Waals surface area contributed by atoms with Gasteiger partial charge in [0.2, 0.25) is 0 Å². The Balaban J connectivity index is 0.000000310. The Morgan fingerprint density at radius 3 is 2.63 bits per heavy atom. The minimum absolute atomic E-state index is 0.234. The Hall–Kier alpha value is -3.42. The summed E-state index contributed by atoms with van der Waals surface area (Å²) < 4.78 is 1.39. The number of rotatable bonds is 2. The second-order valence-corrected chi connectivity index (χ2v) is 6.94. The van der Waals surface area contributed by atoms with E-state index < -0.39 is 0 Å². The third-order valence-corrected chi connectivity index (χ3v) is 4.43. The predicted molar refractivity (Wildman–Crippen MR) is 124 cm³/mol. The van der Waals surface area contributed by atoms with Crippen LogP contribution in [0.3, 0.4) is 0 Å². The van der Waals surface area contributed by atoms with Gasteiger partial charge in [-0.25, -0.2) is 9.67 Å². The number of hydrogen-bond donors (Lipinski definition) is 0. The molecule has 4 nitrogen and oxygen atoms in total. The van der Waals surface area contributed by atoms with Gasteiger partial charge in [0.1, 0.15) is 11.2 Å². The van der Waals surface area contributed by atoms with Crippen molar-refractivity contribution in [2.45, 2.75) is 26.3 Å². The Labute approximate surface area is 181 Å². The summed E-state index contributed by atoms with van der Waals surface area (Å²) in [7, 11) is 0. The lowest BCUT2D eigenvalue weighted by Gasteiger charge is -2.06. The zero-order chi connectivity index (χ0) is 21.2. The molecule has 2 aromatic heterocycles. The van der Waals surface area contributed by atoms with Crippen LogP contribution in [0, 0.1) is 11.8 Å². The number of aromatic nitrogens is 3. The fraction of sp³-hybridized carbons (Fsp3) is 0.160. The molecule has 0 fully saturated rings. The third-order valence-electron chi connectivity index (χ3n) is 4.19. The van der Waals surface area contributed by atoms with Gasteiger partial charge < -0.3 is 0 Å². The molecule has 1 aliphatic rings. The molecule has 5 heteroatoms. The molecule has 0 atom stereocenters. The smallest absolute Gasteiger partial charge is 0.265 e. The maximum atomic E-state index is 12.6. The number of halogens is 1. The molecular formula is C25H22ClN3O. The molecule has 1 aliphatic carbocycles. The molecule has 0 amide bonds. The lowest BCUT2D eigenvalue weighted by Crippen LogP contribution is -2.24. The van der Waals surface area contributed by atoms with Crippen LogP contribution in [-0.2, 0) is 6.54 Å². The highest BCUT2D eigenvalue weighted by atomic mass is 35.5. The first-order valence-corrected chi connectivity index (χ1v) is 10.1. The second kappa shape index (κ2) is 10.9. The Bertz CT molecular complexity index is 1210. The topological polar surface area (TPSA) is 47.8 Å². The number of hydrogen-bond acceptors (Lipinski definition) is 3. The summed E-state index contributed by atoms with van der Waals surface area (Å²) in [5.74, 6) is 5.90. The first kappa shape index (κ1) is 21.3. The summed E-state index contributed by atoms with van der Waals surface area (Å²) in [4.78, 5) is 17.0. The largest absolute Gasteiger partial charge is 0.293 e. The van der Waals surface area contributed by atoms with E-state index in [1.165, 1.54) is 4.68 Å². The lowest BCUT2D eigenvalue weighted by atomic mass is 10.2. The summed E-state index contributed by atoms with van der Waals surface area (Å²) in [6, 6.07) is 11.0. The fourth-order valence-corrected chi connectivity index (χ4v) is 2.96. The molecule has 0 radical (unpaired) electrons. The van der Waals surface area contributed by atoms with Crippen LogP contribution in [0.1, 0.15) is 31.0 Å². The van der Waals surface area contributed by atoms with Gasteiger partial charge in [-0.3, -0.25) is 4.79 Å². The second-order valence-electron chi connectivity index (χ2n) is 6.50. The van der Waals surface area contributed by atoms with Gasteiger partial charge in [0.15, 0.2) is 0 Å². The van der Waals surface area contributed by atoms with E-state index in [2.05, 4.69) is 46.2 Å². The van der Waals surface area contributed by atoms with Crippen LogP contribution in [-0.4, -0.2) is 14.8 Å². The third kappa shape index (κ3) is 6.04. The van der Waals surface area contributed by atoms with Crippen molar-refractivity contribution in [1.82, 2.24) is 14.8 Å². The number of allylic oxidation sites excluding steroid dienone is 6. The van der Waals surface area contributed by atoms with Crippen LogP contribution in [0.5, 0.6) is 0 Å². The van der Waals surface area contributed by atoms with Gasteiger partial charge in [-0.2, -0.15) is 5.10 Å². The maximum absolute atomic E-state index is 12.6. The zero-order valence-electron chi connectivity index (χ0n) is 16.8. The molecule has 0 saturated heterocycles. The van der Waals surface area contributed by atoms with Gasteiger partial charge in [0.05, 0.1) is 12.7 Å². The van der Waals surface area contributed by atoms with Crippen molar-refractivity contribution in [1.29, 1.82) is 0 Å². The maximum Gasteiger partial charge on any atom is 0.293 e. The summed E-state index contributed by atoms with van der Waals surface area (Å²) in [5.41, 5.74) is 1.65. The van der Waals surface area contributed by atoms with Crippen LogP contribution in [0.4, 0.5) is 0 Å². The first-order valence-electron chi connectivity index (χ1n) is 9.76. The van der Waals surface area contributed by atoms with E-state index in [9.17, 15) is 4.79 Å². The van der Waals surface area contributed by atoms with Crippen LogP contribution in [0.25, 0.3) is 10.9 Å². The first-order chi connectivity index (χ1) is 14.7. The van der Waals surface area contributed by atoms with Gasteiger partial charge in [-0.1, -0.05) is 73.0 Å². The Morgan fingerprint density at radius 2 is 1.90 bits per heavy atom. The van der Waals surface area contributed by atoms with Gasteiger partial charge in [-0.15, -0.1) is 0 Å². The number of benzene rings is 1. The standard InChI is InChI=1S/C18H14ClN3O.C7H8/c1-2-3-7-16-9-8-14-11-20-22(18(23)17(14)21-16)12-13-5-4-6-15(19)10-13;1-2-4-6-7-5-3-1/h4-6,8-11H,2,12H2,1H3;1-6H,7H2. The lowest BCUT2D eigenvalue weighted by molar-refractivity contribution is 0.646. The normalized spacial score (nSPS) is 11.9. The van der Waals surface area contributed by atoms with Gasteiger partial charge in [0, 0.05) is 16.8 Å². The quantitative estimate of drug-likeness (QED) is 0.532. The molecule has 2 heterocycles. The van der Waals surface area contributed by atoms with Crippen LogP contribution >= 0.6 is 11.6 Å². The molecule has 0 saturated carbocycles. The van der Waals surface area contributed by atoms with Crippen molar-refractivity contribution in [2.24, 2.45) is 0 Å². The van der Waals surface area contributed by atoms with E-state index in [4.69, 9.17) is 11.6 Å². The molecule has 0 bridgehead atoms. The van der Waals surface area contributed by atoms with E-state index >= 15 is 0 Å². The molecule has 0 N–H and O–H groups in total. The van der Waals surface area contributed by atoms with Crippen molar-refractivity contribution in [2.75, 3.05) is 0 Å². The zero-order valence-corrected chi connectivity index (χ0v) is 17.5. The van der Waals surface area contributed by atoms with E-state index in [1.807, 2.05) is 43.3 Å². The van der Waals surface area contributed by atoms with Crippen molar-refractivity contribution in [3.63, 3.8) is 0 Å². The van der Waals surface area contributed by atoms with Crippen LogP contribution in [0.15, 0.2) is 83.8 Å². The average Bonchev–Trinajstić information content (AvgIpc) is 3.08. The van der Waals surface area contributed by atoms with Crippen molar-refractivity contribution >= 4 is 22.5 Å². The fourth-order valence-electron chi connectivity index (χ4n) is 2.74. The van der Waals surface area contributed by atoms with Gasteiger partial charge >= 0.3 is 0 Å². The molecule has 4 rings (SSSR count). The number of fused-ring (bicyclic) bond motifs is 1. The predicted octanol–water partition coefficient (Wildman–Crippen LogP) is 5.31.